The van der Waals surface area contributed by atoms with Crippen molar-refractivity contribution in [1.29, 1.82) is 0 Å². The van der Waals surface area contributed by atoms with Gasteiger partial charge in [0.15, 0.2) is 0 Å². The number of fused-ring (bicyclic) bond motifs is 2. The van der Waals surface area contributed by atoms with Crippen LogP contribution in [0.1, 0.15) is 40.0 Å². The molecule has 0 aromatic heterocycles. The summed E-state index contributed by atoms with van der Waals surface area (Å²) in [5.74, 6) is 0.253. The van der Waals surface area contributed by atoms with E-state index in [1.54, 1.807) is 0 Å². The summed E-state index contributed by atoms with van der Waals surface area (Å²) < 4.78 is 0. The Bertz CT molecular complexity index is 257. The van der Waals surface area contributed by atoms with Gasteiger partial charge in [-0.1, -0.05) is 20.8 Å². The van der Waals surface area contributed by atoms with Crippen LogP contribution in [0.15, 0.2) is 0 Å². The Morgan fingerprint density at radius 2 is 1.83 bits per heavy atom. The molecule has 2 aliphatic carbocycles. The molecular weight excluding hydrogens is 152 g/mol. The van der Waals surface area contributed by atoms with Crippen LogP contribution >= 0.6 is 0 Å². The highest BCUT2D eigenvalue weighted by Crippen LogP contribution is 2.62. The predicted octanol–water partition coefficient (Wildman–Crippen LogP) is 1.52. The fourth-order valence-electron chi connectivity index (χ4n) is 3.00. The van der Waals surface area contributed by atoms with E-state index in [-0.39, 0.29) is 11.2 Å². The molecule has 0 spiro atoms. The largest absolute Gasteiger partial charge is 0.389 e. The van der Waals surface area contributed by atoms with Crippen LogP contribution in [0, 0.1) is 10.8 Å². The number of hydrogen-bond donors (Lipinski definition) is 1. The quantitative estimate of drug-likeness (QED) is 0.595. The average molecular weight is 168 g/mol. The number of carbonyl (C=O) groups is 1. The summed E-state index contributed by atoms with van der Waals surface area (Å²) in [5, 5.41) is 10.2. The van der Waals surface area contributed by atoms with Crippen molar-refractivity contribution in [1.82, 2.24) is 0 Å². The molecule has 2 aliphatic rings. The summed E-state index contributed by atoms with van der Waals surface area (Å²) in [7, 11) is 0. The molecule has 0 radical (unpaired) electrons. The van der Waals surface area contributed by atoms with Crippen molar-refractivity contribution in [2.75, 3.05) is 0 Å². The Balaban J connectivity index is 2.51. The zero-order chi connectivity index (χ0) is 9.20. The van der Waals surface area contributed by atoms with Crippen LogP contribution in [0.3, 0.4) is 0 Å². The summed E-state index contributed by atoms with van der Waals surface area (Å²) >= 11 is 0. The van der Waals surface area contributed by atoms with Gasteiger partial charge in [0.25, 0.3) is 0 Å². The molecule has 2 bridgehead atoms. The summed E-state index contributed by atoms with van der Waals surface area (Å²) in [6.07, 6.45) is 2.33. The molecule has 0 heterocycles. The second-order valence-corrected chi connectivity index (χ2v) is 5.22. The lowest BCUT2D eigenvalue weighted by molar-refractivity contribution is -0.142. The maximum Gasteiger partial charge on any atom is 0.147 e. The van der Waals surface area contributed by atoms with E-state index in [1.807, 2.05) is 20.8 Å². The minimum absolute atomic E-state index is 0.224. The van der Waals surface area contributed by atoms with Gasteiger partial charge in [0.2, 0.25) is 0 Å². The standard InChI is InChI=1S/C10H16O2/c1-8(2)7(11)9(3)4-5-10(8,12)6-9/h12H,4-6H2,1-3H3. The lowest BCUT2D eigenvalue weighted by atomic mass is 9.69. The summed E-state index contributed by atoms with van der Waals surface area (Å²) in [5.41, 5.74) is -1.45. The van der Waals surface area contributed by atoms with Gasteiger partial charge in [-0.15, -0.1) is 0 Å². The molecule has 12 heavy (non-hydrogen) atoms. The zero-order valence-electron chi connectivity index (χ0n) is 7.98. The van der Waals surface area contributed by atoms with Gasteiger partial charge in [-0.05, 0) is 19.3 Å². The topological polar surface area (TPSA) is 37.3 Å². The Kier molecular flexibility index (Phi) is 1.21. The van der Waals surface area contributed by atoms with E-state index in [9.17, 15) is 9.90 Å². The van der Waals surface area contributed by atoms with Crippen molar-refractivity contribution in [2.24, 2.45) is 10.8 Å². The van der Waals surface area contributed by atoms with Crippen molar-refractivity contribution < 1.29 is 9.90 Å². The summed E-state index contributed by atoms with van der Waals surface area (Å²) in [6, 6.07) is 0. The maximum atomic E-state index is 11.9. The Labute approximate surface area is 73.0 Å². The van der Waals surface area contributed by atoms with E-state index in [1.165, 1.54) is 0 Å². The Morgan fingerprint density at radius 3 is 2.08 bits per heavy atom. The van der Waals surface area contributed by atoms with Gasteiger partial charge in [0, 0.05) is 5.41 Å². The zero-order valence-corrected chi connectivity index (χ0v) is 7.98. The fourth-order valence-corrected chi connectivity index (χ4v) is 3.00. The third-order valence-corrected chi connectivity index (χ3v) is 4.05. The first-order valence-electron chi connectivity index (χ1n) is 4.59. The number of hydrogen-bond acceptors (Lipinski definition) is 2. The molecule has 2 saturated carbocycles. The molecule has 1 N–H and O–H groups in total. The Morgan fingerprint density at radius 1 is 1.25 bits per heavy atom. The third kappa shape index (κ3) is 0.634. The van der Waals surface area contributed by atoms with E-state index < -0.39 is 11.0 Å². The van der Waals surface area contributed by atoms with Crippen LogP contribution in [-0.2, 0) is 4.79 Å². The highest BCUT2D eigenvalue weighted by Gasteiger charge is 2.67. The number of carbonyl (C=O) groups excluding carboxylic acids is 1. The van der Waals surface area contributed by atoms with Gasteiger partial charge in [0.1, 0.15) is 5.78 Å². The van der Waals surface area contributed by atoms with Crippen molar-refractivity contribution in [3.63, 3.8) is 0 Å². The van der Waals surface area contributed by atoms with Crippen molar-refractivity contribution in [2.45, 2.75) is 45.6 Å². The molecule has 2 unspecified atom stereocenters. The molecular formula is C10H16O2. The van der Waals surface area contributed by atoms with Crippen LogP contribution in [0.25, 0.3) is 0 Å². The monoisotopic (exact) mass is 168 g/mol. The van der Waals surface area contributed by atoms with Crippen LogP contribution < -0.4 is 0 Å². The molecule has 0 aromatic carbocycles. The molecule has 2 fully saturated rings. The second-order valence-electron chi connectivity index (χ2n) is 5.22. The van der Waals surface area contributed by atoms with Crippen LogP contribution in [0.5, 0.6) is 0 Å². The fraction of sp³-hybridized carbons (Fsp3) is 0.900. The van der Waals surface area contributed by atoms with E-state index in [0.717, 1.165) is 12.8 Å². The smallest absolute Gasteiger partial charge is 0.147 e. The minimum atomic E-state index is -0.709. The van der Waals surface area contributed by atoms with Crippen molar-refractivity contribution in [3.05, 3.63) is 0 Å². The molecule has 2 rings (SSSR count). The van der Waals surface area contributed by atoms with Gasteiger partial charge >= 0.3 is 0 Å². The lowest BCUT2D eigenvalue weighted by Gasteiger charge is -2.36. The molecule has 2 atom stereocenters. The molecule has 0 aliphatic heterocycles. The minimum Gasteiger partial charge on any atom is -0.389 e. The number of rotatable bonds is 0. The van der Waals surface area contributed by atoms with E-state index in [0.29, 0.717) is 6.42 Å². The van der Waals surface area contributed by atoms with E-state index in [4.69, 9.17) is 0 Å². The normalized spacial score (nSPS) is 50.2. The molecule has 0 saturated heterocycles. The van der Waals surface area contributed by atoms with Gasteiger partial charge in [-0.2, -0.15) is 0 Å². The first kappa shape index (κ1) is 8.24. The first-order valence-corrected chi connectivity index (χ1v) is 4.59. The predicted molar refractivity (Wildman–Crippen MR) is 45.7 cm³/mol. The maximum absolute atomic E-state index is 11.9. The first-order chi connectivity index (χ1) is 5.32. The molecule has 0 aromatic rings. The molecule has 0 amide bonds. The van der Waals surface area contributed by atoms with E-state index >= 15 is 0 Å². The summed E-state index contributed by atoms with van der Waals surface area (Å²) in [6.45, 7) is 5.74. The van der Waals surface area contributed by atoms with Gasteiger partial charge in [-0.25, -0.2) is 0 Å². The highest BCUT2D eigenvalue weighted by molar-refractivity contribution is 5.94. The molecule has 2 heteroatoms. The Hall–Kier alpha value is -0.370. The molecule has 68 valence electrons. The highest BCUT2D eigenvalue weighted by atomic mass is 16.3. The third-order valence-electron chi connectivity index (χ3n) is 4.05. The van der Waals surface area contributed by atoms with Crippen molar-refractivity contribution >= 4 is 5.78 Å². The molecule has 2 nitrogen and oxygen atoms in total. The van der Waals surface area contributed by atoms with Gasteiger partial charge in [0.05, 0.1) is 11.0 Å². The summed E-state index contributed by atoms with van der Waals surface area (Å²) in [4.78, 5) is 11.9. The lowest BCUT2D eigenvalue weighted by Crippen LogP contribution is -2.45. The van der Waals surface area contributed by atoms with E-state index in [2.05, 4.69) is 0 Å². The average Bonchev–Trinajstić information content (AvgIpc) is 2.32. The van der Waals surface area contributed by atoms with Crippen LogP contribution in [0.2, 0.25) is 0 Å². The van der Waals surface area contributed by atoms with Gasteiger partial charge < -0.3 is 5.11 Å². The van der Waals surface area contributed by atoms with Crippen molar-refractivity contribution in [3.8, 4) is 0 Å². The van der Waals surface area contributed by atoms with Crippen LogP contribution in [0.4, 0.5) is 0 Å². The van der Waals surface area contributed by atoms with Gasteiger partial charge in [-0.3, -0.25) is 4.79 Å². The van der Waals surface area contributed by atoms with Crippen LogP contribution in [-0.4, -0.2) is 16.5 Å². The number of ketones is 1. The SMILES string of the molecule is CC12CCC(O)(C1)C(C)(C)C2=O. The number of aliphatic hydroxyl groups is 1. The second kappa shape index (κ2) is 1.77. The number of Topliss-reactive ketones (excluding diaryl/α,β-unsaturated/α-hetero) is 1.